The van der Waals surface area contributed by atoms with E-state index in [9.17, 15) is 4.79 Å². The summed E-state index contributed by atoms with van der Waals surface area (Å²) in [4.78, 5) is 11.1. The lowest BCUT2D eigenvalue weighted by molar-refractivity contribution is 0.712. The van der Waals surface area contributed by atoms with Crippen molar-refractivity contribution in [2.45, 2.75) is 13.8 Å². The molecule has 1 heterocycles. The molecule has 0 amide bonds. The lowest BCUT2D eigenvalue weighted by Crippen LogP contribution is -2.18. The van der Waals surface area contributed by atoms with Crippen LogP contribution in [0.25, 0.3) is 11.3 Å². The van der Waals surface area contributed by atoms with Crippen LogP contribution in [-0.4, -0.2) is 9.78 Å². The molecular weight excluding hydrogens is 200 g/mol. The predicted octanol–water partition coefficient (Wildman–Crippen LogP) is 2.47. The van der Waals surface area contributed by atoms with E-state index in [1.807, 2.05) is 44.2 Å². The lowest BCUT2D eigenvalue weighted by Gasteiger charge is -2.01. The molecule has 1 aromatic carbocycles. The standard InChI is InChI=1S/C11H10N2O.C2H6/c1-13-11(14)8-7-10(12-13)9-5-3-2-4-6-9;1-2/h2-8H,1H3;1-2H3. The Morgan fingerprint density at radius 2 is 1.62 bits per heavy atom. The Balaban J connectivity index is 0.000000606. The average molecular weight is 216 g/mol. The maximum absolute atomic E-state index is 11.1. The minimum absolute atomic E-state index is 0.0929. The summed E-state index contributed by atoms with van der Waals surface area (Å²) < 4.78 is 1.34. The number of aromatic nitrogens is 2. The SMILES string of the molecule is CC.Cn1nc(-c2ccccc2)ccc1=O. The lowest BCUT2D eigenvalue weighted by atomic mass is 10.1. The van der Waals surface area contributed by atoms with Crippen LogP contribution in [0.3, 0.4) is 0 Å². The summed E-state index contributed by atoms with van der Waals surface area (Å²) in [7, 11) is 1.65. The third-order valence-electron chi connectivity index (χ3n) is 2.03. The molecule has 0 aliphatic heterocycles. The third-order valence-corrected chi connectivity index (χ3v) is 2.03. The van der Waals surface area contributed by atoms with Crippen LogP contribution < -0.4 is 5.56 Å². The fourth-order valence-electron chi connectivity index (χ4n) is 1.27. The Kier molecular flexibility index (Phi) is 4.45. The highest BCUT2D eigenvalue weighted by Gasteiger charge is 1.98. The number of rotatable bonds is 1. The Labute approximate surface area is 95.4 Å². The van der Waals surface area contributed by atoms with Crippen molar-refractivity contribution in [2.24, 2.45) is 7.05 Å². The molecule has 0 aliphatic carbocycles. The van der Waals surface area contributed by atoms with Gasteiger partial charge >= 0.3 is 0 Å². The normalized spacial score (nSPS) is 9.19. The van der Waals surface area contributed by atoms with Gasteiger partial charge < -0.3 is 0 Å². The molecular formula is C13H16N2O. The van der Waals surface area contributed by atoms with Crippen LogP contribution >= 0.6 is 0 Å². The van der Waals surface area contributed by atoms with Crippen molar-refractivity contribution < 1.29 is 0 Å². The van der Waals surface area contributed by atoms with E-state index in [1.165, 1.54) is 10.7 Å². The van der Waals surface area contributed by atoms with Crippen molar-refractivity contribution in [3.63, 3.8) is 0 Å². The van der Waals surface area contributed by atoms with Gasteiger partial charge in [-0.05, 0) is 6.07 Å². The second-order valence-electron chi connectivity index (χ2n) is 3.05. The largest absolute Gasteiger partial charge is 0.268 e. The number of nitrogens with zero attached hydrogens (tertiary/aromatic N) is 2. The molecule has 0 fully saturated rings. The summed E-state index contributed by atoms with van der Waals surface area (Å²) in [6, 6.07) is 13.0. The highest BCUT2D eigenvalue weighted by atomic mass is 16.1. The van der Waals surface area contributed by atoms with Crippen molar-refractivity contribution in [3.8, 4) is 11.3 Å². The molecule has 3 nitrogen and oxygen atoms in total. The first kappa shape index (κ1) is 12.2. The van der Waals surface area contributed by atoms with Crippen molar-refractivity contribution in [3.05, 3.63) is 52.8 Å². The maximum atomic E-state index is 11.1. The van der Waals surface area contributed by atoms with E-state index in [4.69, 9.17) is 0 Å². The molecule has 16 heavy (non-hydrogen) atoms. The fraction of sp³-hybridized carbons (Fsp3) is 0.231. The van der Waals surface area contributed by atoms with Gasteiger partial charge in [-0.25, -0.2) is 4.68 Å². The molecule has 0 unspecified atom stereocenters. The average Bonchev–Trinajstić information content (AvgIpc) is 2.36. The summed E-state index contributed by atoms with van der Waals surface area (Å²) in [5, 5.41) is 4.15. The number of hydrogen-bond donors (Lipinski definition) is 0. The van der Waals surface area contributed by atoms with Gasteiger partial charge in [-0.3, -0.25) is 4.79 Å². The first-order chi connectivity index (χ1) is 7.77. The van der Waals surface area contributed by atoms with Crippen LogP contribution in [-0.2, 0) is 7.05 Å². The maximum Gasteiger partial charge on any atom is 0.266 e. The van der Waals surface area contributed by atoms with E-state index >= 15 is 0 Å². The summed E-state index contributed by atoms with van der Waals surface area (Å²) in [5.41, 5.74) is 1.74. The van der Waals surface area contributed by atoms with E-state index in [0.717, 1.165) is 11.3 Å². The van der Waals surface area contributed by atoms with Gasteiger partial charge in [0, 0.05) is 18.7 Å². The van der Waals surface area contributed by atoms with Gasteiger partial charge in [0.2, 0.25) is 0 Å². The molecule has 0 atom stereocenters. The monoisotopic (exact) mass is 216 g/mol. The van der Waals surface area contributed by atoms with Gasteiger partial charge in [0.15, 0.2) is 0 Å². The quantitative estimate of drug-likeness (QED) is 0.734. The van der Waals surface area contributed by atoms with E-state index < -0.39 is 0 Å². The zero-order chi connectivity index (χ0) is 12.0. The molecule has 2 rings (SSSR count). The van der Waals surface area contributed by atoms with Gasteiger partial charge in [-0.1, -0.05) is 44.2 Å². The van der Waals surface area contributed by atoms with Crippen LogP contribution in [0.15, 0.2) is 47.3 Å². The molecule has 0 radical (unpaired) electrons. The molecule has 0 saturated carbocycles. The van der Waals surface area contributed by atoms with Gasteiger partial charge in [0.1, 0.15) is 0 Å². The Hall–Kier alpha value is -1.90. The van der Waals surface area contributed by atoms with Gasteiger partial charge in [-0.2, -0.15) is 5.10 Å². The Morgan fingerprint density at radius 1 is 1.00 bits per heavy atom. The van der Waals surface area contributed by atoms with Gasteiger partial charge in [0.05, 0.1) is 5.69 Å². The van der Waals surface area contributed by atoms with E-state index in [-0.39, 0.29) is 5.56 Å². The van der Waals surface area contributed by atoms with Gasteiger partial charge in [0.25, 0.3) is 5.56 Å². The zero-order valence-electron chi connectivity index (χ0n) is 9.84. The minimum Gasteiger partial charge on any atom is -0.268 e. The molecule has 1 aromatic heterocycles. The van der Waals surface area contributed by atoms with Crippen LogP contribution in [0.2, 0.25) is 0 Å². The van der Waals surface area contributed by atoms with E-state index in [1.54, 1.807) is 13.1 Å². The highest BCUT2D eigenvalue weighted by molar-refractivity contribution is 5.57. The van der Waals surface area contributed by atoms with E-state index in [0.29, 0.717) is 0 Å². The van der Waals surface area contributed by atoms with E-state index in [2.05, 4.69) is 5.10 Å². The first-order valence-electron chi connectivity index (χ1n) is 5.37. The predicted molar refractivity (Wildman–Crippen MR) is 66.3 cm³/mol. The molecule has 0 aliphatic rings. The molecule has 2 aromatic rings. The van der Waals surface area contributed by atoms with Crippen molar-refractivity contribution >= 4 is 0 Å². The number of benzene rings is 1. The topological polar surface area (TPSA) is 34.9 Å². The summed E-state index contributed by atoms with van der Waals surface area (Å²) >= 11 is 0. The van der Waals surface area contributed by atoms with Crippen molar-refractivity contribution in [1.29, 1.82) is 0 Å². The van der Waals surface area contributed by atoms with Gasteiger partial charge in [-0.15, -0.1) is 0 Å². The minimum atomic E-state index is -0.0929. The smallest absolute Gasteiger partial charge is 0.266 e. The molecule has 0 bridgehead atoms. The second kappa shape index (κ2) is 5.85. The molecule has 0 saturated heterocycles. The Bertz CT molecular complexity index is 489. The fourth-order valence-corrected chi connectivity index (χ4v) is 1.27. The summed E-state index contributed by atoms with van der Waals surface area (Å²) in [5.74, 6) is 0. The van der Waals surface area contributed by atoms with Crippen molar-refractivity contribution in [2.75, 3.05) is 0 Å². The van der Waals surface area contributed by atoms with Crippen molar-refractivity contribution in [1.82, 2.24) is 9.78 Å². The zero-order valence-corrected chi connectivity index (χ0v) is 9.84. The number of aryl methyl sites for hydroxylation is 1. The number of hydrogen-bond acceptors (Lipinski definition) is 2. The first-order valence-corrected chi connectivity index (χ1v) is 5.37. The van der Waals surface area contributed by atoms with Crippen LogP contribution in [0.4, 0.5) is 0 Å². The summed E-state index contributed by atoms with van der Waals surface area (Å²) in [6.07, 6.45) is 0. The molecule has 0 N–H and O–H groups in total. The molecule has 3 heteroatoms. The Morgan fingerprint density at radius 3 is 2.19 bits per heavy atom. The van der Waals surface area contributed by atoms with Crippen LogP contribution in [0.5, 0.6) is 0 Å². The van der Waals surface area contributed by atoms with Crippen LogP contribution in [0, 0.1) is 0 Å². The molecule has 0 spiro atoms. The molecule has 84 valence electrons. The third kappa shape index (κ3) is 2.79. The second-order valence-corrected chi connectivity index (χ2v) is 3.05. The van der Waals surface area contributed by atoms with Crippen LogP contribution in [0.1, 0.15) is 13.8 Å². The highest BCUT2D eigenvalue weighted by Crippen LogP contribution is 2.13. The summed E-state index contributed by atoms with van der Waals surface area (Å²) in [6.45, 7) is 4.00.